The number of alkyl carbamates (subject to hydrolysis) is 1. The summed E-state index contributed by atoms with van der Waals surface area (Å²) < 4.78 is 5.52. The van der Waals surface area contributed by atoms with E-state index in [4.69, 9.17) is 4.74 Å². The van der Waals surface area contributed by atoms with Gasteiger partial charge in [0.05, 0.1) is 0 Å². The fraction of sp³-hybridized carbons (Fsp3) is 0.316. The summed E-state index contributed by atoms with van der Waals surface area (Å²) in [5, 5.41) is 6.16. The molecule has 24 heavy (non-hydrogen) atoms. The Morgan fingerprint density at radius 3 is 2.29 bits per heavy atom. The van der Waals surface area contributed by atoms with Gasteiger partial charge in [0.2, 0.25) is 0 Å². The van der Waals surface area contributed by atoms with E-state index in [1.807, 2.05) is 12.1 Å². The molecule has 1 aliphatic heterocycles. The maximum Gasteiger partial charge on any atom is 0.407 e. The van der Waals surface area contributed by atoms with E-state index < -0.39 is 0 Å². The molecule has 0 saturated carbocycles. The molecule has 1 atom stereocenters. The van der Waals surface area contributed by atoms with E-state index in [-0.39, 0.29) is 30.5 Å². The SMILES string of the molecule is Cl.O=C(N[C@H]1CCNC1)OCC1c2ccccc2-c2ccccc21. The van der Waals surface area contributed by atoms with E-state index in [1.54, 1.807) is 0 Å². The molecule has 1 aliphatic carbocycles. The van der Waals surface area contributed by atoms with Crippen LogP contribution in [0.4, 0.5) is 4.79 Å². The Morgan fingerprint density at radius 1 is 1.08 bits per heavy atom. The van der Waals surface area contributed by atoms with Gasteiger partial charge in [0.1, 0.15) is 6.61 Å². The summed E-state index contributed by atoms with van der Waals surface area (Å²) >= 11 is 0. The lowest BCUT2D eigenvalue weighted by Crippen LogP contribution is -2.37. The van der Waals surface area contributed by atoms with Crippen molar-refractivity contribution in [3.05, 3.63) is 59.7 Å². The minimum absolute atomic E-state index is 0. The van der Waals surface area contributed by atoms with Crippen LogP contribution in [0.5, 0.6) is 0 Å². The molecule has 2 aromatic rings. The van der Waals surface area contributed by atoms with Gasteiger partial charge in [-0.2, -0.15) is 0 Å². The largest absolute Gasteiger partial charge is 0.449 e. The van der Waals surface area contributed by atoms with E-state index in [2.05, 4.69) is 47.0 Å². The van der Waals surface area contributed by atoms with Gasteiger partial charge in [-0.25, -0.2) is 4.79 Å². The van der Waals surface area contributed by atoms with E-state index >= 15 is 0 Å². The molecule has 126 valence electrons. The second-order valence-corrected chi connectivity index (χ2v) is 6.16. The minimum Gasteiger partial charge on any atom is -0.449 e. The number of rotatable bonds is 3. The average Bonchev–Trinajstić information content (AvgIpc) is 3.19. The van der Waals surface area contributed by atoms with Crippen LogP contribution in [0.2, 0.25) is 0 Å². The van der Waals surface area contributed by atoms with Crippen molar-refractivity contribution in [2.45, 2.75) is 18.4 Å². The quantitative estimate of drug-likeness (QED) is 0.898. The summed E-state index contributed by atoms with van der Waals surface area (Å²) in [7, 11) is 0. The molecule has 1 heterocycles. The second kappa shape index (κ2) is 7.24. The van der Waals surface area contributed by atoms with Crippen LogP contribution in [0, 0.1) is 0 Å². The number of hydrogen-bond donors (Lipinski definition) is 2. The van der Waals surface area contributed by atoms with Crippen molar-refractivity contribution in [3.63, 3.8) is 0 Å². The molecule has 2 N–H and O–H groups in total. The molecule has 0 radical (unpaired) electrons. The summed E-state index contributed by atoms with van der Waals surface area (Å²) in [6.07, 6.45) is 0.644. The molecule has 0 unspecified atom stereocenters. The van der Waals surface area contributed by atoms with Crippen molar-refractivity contribution < 1.29 is 9.53 Å². The molecule has 5 heteroatoms. The fourth-order valence-electron chi connectivity index (χ4n) is 3.58. The van der Waals surface area contributed by atoms with Gasteiger partial charge in [0.25, 0.3) is 0 Å². The van der Waals surface area contributed by atoms with Gasteiger partial charge in [-0.05, 0) is 35.2 Å². The van der Waals surface area contributed by atoms with E-state index in [0.29, 0.717) is 6.61 Å². The predicted molar refractivity (Wildman–Crippen MR) is 96.7 cm³/mol. The molecule has 1 saturated heterocycles. The number of carbonyl (C=O) groups excluding carboxylic acids is 1. The zero-order valence-corrected chi connectivity index (χ0v) is 14.1. The molecular weight excluding hydrogens is 324 g/mol. The summed E-state index contributed by atoms with van der Waals surface area (Å²) in [6, 6.07) is 16.9. The Balaban J connectivity index is 0.00000169. The zero-order valence-electron chi connectivity index (χ0n) is 13.3. The minimum atomic E-state index is -0.319. The first kappa shape index (κ1) is 16.8. The highest BCUT2D eigenvalue weighted by Crippen LogP contribution is 2.44. The average molecular weight is 345 g/mol. The lowest BCUT2D eigenvalue weighted by molar-refractivity contribution is 0.139. The van der Waals surface area contributed by atoms with Gasteiger partial charge in [-0.3, -0.25) is 0 Å². The Kier molecular flexibility index (Phi) is 5.07. The van der Waals surface area contributed by atoms with Gasteiger partial charge in [0, 0.05) is 18.5 Å². The standard InChI is InChI=1S/C19H20N2O2.ClH/c22-19(21-13-9-10-20-11-13)23-12-18-16-7-3-1-5-14(16)15-6-2-4-8-17(15)18;/h1-8,13,18,20H,9-12H2,(H,21,22);1H/t13-;/m0./s1. The summed E-state index contributed by atoms with van der Waals surface area (Å²) in [5.74, 6) is 0.120. The molecule has 4 rings (SSSR count). The van der Waals surface area contributed by atoms with Gasteiger partial charge in [0.15, 0.2) is 0 Å². The first-order valence-corrected chi connectivity index (χ1v) is 8.15. The number of ether oxygens (including phenoxy) is 1. The summed E-state index contributed by atoms with van der Waals surface area (Å²) in [4.78, 5) is 12.0. The van der Waals surface area contributed by atoms with Crippen molar-refractivity contribution in [1.29, 1.82) is 0 Å². The molecule has 4 nitrogen and oxygen atoms in total. The number of fused-ring (bicyclic) bond motifs is 3. The molecule has 1 amide bonds. The van der Waals surface area contributed by atoms with E-state index in [1.165, 1.54) is 22.3 Å². The Bertz CT molecular complexity index is 683. The third-order valence-corrected chi connectivity index (χ3v) is 4.73. The zero-order chi connectivity index (χ0) is 15.6. The third-order valence-electron chi connectivity index (χ3n) is 4.73. The van der Waals surface area contributed by atoms with Crippen molar-refractivity contribution in [1.82, 2.24) is 10.6 Å². The molecule has 0 spiro atoms. The van der Waals surface area contributed by atoms with Gasteiger partial charge < -0.3 is 15.4 Å². The molecular formula is C19H21ClN2O2. The monoisotopic (exact) mass is 344 g/mol. The first-order valence-electron chi connectivity index (χ1n) is 8.15. The molecule has 1 fully saturated rings. The normalized spacial score (nSPS) is 18.4. The maximum atomic E-state index is 12.0. The van der Waals surface area contributed by atoms with Crippen LogP contribution in [0.3, 0.4) is 0 Å². The number of amides is 1. The summed E-state index contributed by atoms with van der Waals surface area (Å²) in [5.41, 5.74) is 4.97. The van der Waals surface area contributed by atoms with Gasteiger partial charge in [-0.1, -0.05) is 48.5 Å². The van der Waals surface area contributed by atoms with Crippen molar-refractivity contribution >= 4 is 18.5 Å². The van der Waals surface area contributed by atoms with Crippen molar-refractivity contribution in [3.8, 4) is 11.1 Å². The molecule has 2 aliphatic rings. The number of benzene rings is 2. The number of hydrogen-bond acceptors (Lipinski definition) is 3. The van der Waals surface area contributed by atoms with Gasteiger partial charge in [-0.15, -0.1) is 12.4 Å². The first-order chi connectivity index (χ1) is 11.3. The van der Waals surface area contributed by atoms with Crippen LogP contribution in [0.1, 0.15) is 23.5 Å². The highest BCUT2D eigenvalue weighted by molar-refractivity contribution is 5.85. The van der Waals surface area contributed by atoms with Crippen molar-refractivity contribution in [2.75, 3.05) is 19.7 Å². The summed E-state index contributed by atoms with van der Waals surface area (Å²) in [6.45, 7) is 2.15. The third kappa shape index (κ3) is 3.12. The van der Waals surface area contributed by atoms with Crippen LogP contribution >= 0.6 is 12.4 Å². The second-order valence-electron chi connectivity index (χ2n) is 6.16. The Hall–Kier alpha value is -2.04. The van der Waals surface area contributed by atoms with E-state index in [0.717, 1.165) is 19.5 Å². The number of nitrogens with one attached hydrogen (secondary N) is 2. The Morgan fingerprint density at radius 2 is 1.71 bits per heavy atom. The number of carbonyl (C=O) groups is 1. The number of halogens is 1. The van der Waals surface area contributed by atoms with Crippen molar-refractivity contribution in [2.24, 2.45) is 0 Å². The highest BCUT2D eigenvalue weighted by Gasteiger charge is 2.29. The highest BCUT2D eigenvalue weighted by atomic mass is 35.5. The molecule has 0 aromatic heterocycles. The van der Waals surface area contributed by atoms with E-state index in [9.17, 15) is 4.79 Å². The maximum absolute atomic E-state index is 12.0. The lowest BCUT2D eigenvalue weighted by Gasteiger charge is -2.16. The van der Waals surface area contributed by atoms with Crippen LogP contribution < -0.4 is 10.6 Å². The van der Waals surface area contributed by atoms with Gasteiger partial charge >= 0.3 is 6.09 Å². The smallest absolute Gasteiger partial charge is 0.407 e. The lowest BCUT2D eigenvalue weighted by atomic mass is 9.98. The van der Waals surface area contributed by atoms with Crippen LogP contribution in [0.15, 0.2) is 48.5 Å². The molecule has 0 bridgehead atoms. The molecule has 2 aromatic carbocycles. The van der Waals surface area contributed by atoms with Crippen LogP contribution in [0.25, 0.3) is 11.1 Å². The van der Waals surface area contributed by atoms with Crippen LogP contribution in [-0.4, -0.2) is 31.8 Å². The predicted octanol–water partition coefficient (Wildman–Crippen LogP) is 3.31. The fourth-order valence-corrected chi connectivity index (χ4v) is 3.58. The topological polar surface area (TPSA) is 50.4 Å². The van der Waals surface area contributed by atoms with Crippen LogP contribution in [-0.2, 0) is 4.74 Å². The Labute approximate surface area is 148 Å².